The summed E-state index contributed by atoms with van der Waals surface area (Å²) in [4.78, 5) is 7.86. The molecule has 1 heterocycles. The van der Waals surface area contributed by atoms with Crippen molar-refractivity contribution in [2.45, 2.75) is 19.9 Å². The van der Waals surface area contributed by atoms with Crippen LogP contribution in [-0.4, -0.2) is 32.3 Å². The lowest BCUT2D eigenvalue weighted by Crippen LogP contribution is -2.21. The fraction of sp³-hybridized carbons (Fsp3) is 0.700. The van der Waals surface area contributed by atoms with E-state index in [0.29, 0.717) is 6.54 Å². The zero-order valence-electron chi connectivity index (χ0n) is 9.62. The number of hydrogen-bond donors (Lipinski definition) is 1. The van der Waals surface area contributed by atoms with Crippen molar-refractivity contribution >= 4 is 16.5 Å². The second-order valence-electron chi connectivity index (χ2n) is 3.34. The Kier molecular flexibility index (Phi) is 5.01. The van der Waals surface area contributed by atoms with Crippen LogP contribution in [0.5, 0.6) is 0 Å². The summed E-state index contributed by atoms with van der Waals surface area (Å²) in [6, 6.07) is 0. The molecule has 0 aliphatic rings. The molecule has 1 aromatic heterocycles. The van der Waals surface area contributed by atoms with Gasteiger partial charge in [0.1, 0.15) is 0 Å². The predicted molar refractivity (Wildman–Crippen MR) is 64.5 cm³/mol. The summed E-state index contributed by atoms with van der Waals surface area (Å²) in [7, 11) is 3.73. The SMILES string of the molecule is CCc1nc(N(C)CCOC)sc1CN. The molecule has 0 amide bonds. The highest BCUT2D eigenvalue weighted by atomic mass is 32.1. The summed E-state index contributed by atoms with van der Waals surface area (Å²) in [5.41, 5.74) is 6.79. The van der Waals surface area contributed by atoms with Gasteiger partial charge in [0, 0.05) is 32.1 Å². The lowest BCUT2D eigenvalue weighted by atomic mass is 10.3. The van der Waals surface area contributed by atoms with Crippen LogP contribution in [0.1, 0.15) is 17.5 Å². The van der Waals surface area contributed by atoms with E-state index < -0.39 is 0 Å². The van der Waals surface area contributed by atoms with E-state index in [1.807, 2.05) is 7.05 Å². The monoisotopic (exact) mass is 229 g/mol. The molecule has 0 aliphatic carbocycles. The zero-order valence-corrected chi connectivity index (χ0v) is 10.4. The van der Waals surface area contributed by atoms with E-state index in [0.717, 1.165) is 30.4 Å². The molecule has 0 saturated carbocycles. The van der Waals surface area contributed by atoms with Gasteiger partial charge in [0.25, 0.3) is 0 Å². The van der Waals surface area contributed by atoms with Gasteiger partial charge in [-0.25, -0.2) is 4.98 Å². The number of nitrogens with zero attached hydrogens (tertiary/aromatic N) is 2. The largest absolute Gasteiger partial charge is 0.383 e. The molecule has 0 aliphatic heterocycles. The normalized spacial score (nSPS) is 10.7. The molecule has 0 unspecified atom stereocenters. The van der Waals surface area contributed by atoms with Gasteiger partial charge in [-0.2, -0.15) is 0 Å². The fourth-order valence-corrected chi connectivity index (χ4v) is 2.31. The molecule has 0 spiro atoms. The first-order valence-corrected chi connectivity index (χ1v) is 5.93. The van der Waals surface area contributed by atoms with E-state index in [1.165, 1.54) is 4.88 Å². The van der Waals surface area contributed by atoms with Crippen molar-refractivity contribution in [2.75, 3.05) is 32.2 Å². The lowest BCUT2D eigenvalue weighted by Gasteiger charge is -2.14. The van der Waals surface area contributed by atoms with Crippen molar-refractivity contribution in [3.05, 3.63) is 10.6 Å². The van der Waals surface area contributed by atoms with Crippen LogP contribution >= 0.6 is 11.3 Å². The third kappa shape index (κ3) is 3.15. The highest BCUT2D eigenvalue weighted by Crippen LogP contribution is 2.25. The van der Waals surface area contributed by atoms with Crippen LogP contribution in [0, 0.1) is 0 Å². The molecule has 4 nitrogen and oxygen atoms in total. The van der Waals surface area contributed by atoms with Crippen LogP contribution in [0.4, 0.5) is 5.13 Å². The number of likely N-dealkylation sites (N-methyl/N-ethyl adjacent to an activating group) is 1. The Morgan fingerprint density at radius 3 is 2.73 bits per heavy atom. The maximum absolute atomic E-state index is 5.67. The van der Waals surface area contributed by atoms with Gasteiger partial charge in [0.2, 0.25) is 0 Å². The van der Waals surface area contributed by atoms with Gasteiger partial charge in [0.15, 0.2) is 5.13 Å². The number of nitrogens with two attached hydrogens (primary N) is 1. The predicted octanol–water partition coefficient (Wildman–Crippen LogP) is 1.25. The van der Waals surface area contributed by atoms with Crippen molar-refractivity contribution < 1.29 is 4.74 Å². The standard InChI is InChI=1S/C10H19N3OS/c1-4-8-9(7-11)15-10(12-8)13(2)5-6-14-3/h4-7,11H2,1-3H3. The zero-order chi connectivity index (χ0) is 11.3. The molecule has 0 bridgehead atoms. The van der Waals surface area contributed by atoms with Crippen LogP contribution in [-0.2, 0) is 17.7 Å². The molecule has 2 N–H and O–H groups in total. The Hall–Kier alpha value is -0.650. The third-order valence-corrected chi connectivity index (χ3v) is 3.48. The van der Waals surface area contributed by atoms with E-state index in [9.17, 15) is 0 Å². The van der Waals surface area contributed by atoms with Crippen LogP contribution < -0.4 is 10.6 Å². The Morgan fingerprint density at radius 2 is 2.27 bits per heavy atom. The highest BCUT2D eigenvalue weighted by molar-refractivity contribution is 7.15. The molecule has 5 heteroatoms. The molecule has 0 aromatic carbocycles. The van der Waals surface area contributed by atoms with Crippen molar-refractivity contribution in [3.63, 3.8) is 0 Å². The molecule has 1 aromatic rings. The number of rotatable bonds is 6. The van der Waals surface area contributed by atoms with E-state index in [4.69, 9.17) is 10.5 Å². The number of anilines is 1. The van der Waals surface area contributed by atoms with Gasteiger partial charge in [-0.05, 0) is 6.42 Å². The van der Waals surface area contributed by atoms with Crippen LogP contribution in [0.3, 0.4) is 0 Å². The van der Waals surface area contributed by atoms with E-state index in [1.54, 1.807) is 18.4 Å². The summed E-state index contributed by atoms with van der Waals surface area (Å²) in [6.45, 7) is 4.26. The number of thiazole rings is 1. The molecule has 15 heavy (non-hydrogen) atoms. The Bertz CT molecular complexity index is 279. The van der Waals surface area contributed by atoms with Crippen molar-refractivity contribution in [1.29, 1.82) is 0 Å². The summed E-state index contributed by atoms with van der Waals surface area (Å²) >= 11 is 1.68. The molecule has 1 rings (SSSR count). The topological polar surface area (TPSA) is 51.4 Å². The number of aryl methyl sites for hydroxylation is 1. The second-order valence-corrected chi connectivity index (χ2v) is 4.40. The number of aromatic nitrogens is 1. The molecule has 0 saturated heterocycles. The summed E-state index contributed by atoms with van der Waals surface area (Å²) in [5, 5.41) is 1.03. The maximum Gasteiger partial charge on any atom is 0.185 e. The van der Waals surface area contributed by atoms with Crippen LogP contribution in [0.25, 0.3) is 0 Å². The van der Waals surface area contributed by atoms with Crippen LogP contribution in [0.2, 0.25) is 0 Å². The Morgan fingerprint density at radius 1 is 1.53 bits per heavy atom. The number of ether oxygens (including phenoxy) is 1. The summed E-state index contributed by atoms with van der Waals surface area (Å²) < 4.78 is 5.03. The van der Waals surface area contributed by atoms with Crippen molar-refractivity contribution in [2.24, 2.45) is 5.73 Å². The second kappa shape index (κ2) is 6.05. The van der Waals surface area contributed by atoms with Gasteiger partial charge in [-0.1, -0.05) is 6.92 Å². The molecular formula is C10H19N3OS. The highest BCUT2D eigenvalue weighted by Gasteiger charge is 2.11. The fourth-order valence-electron chi connectivity index (χ4n) is 1.29. The average molecular weight is 229 g/mol. The van der Waals surface area contributed by atoms with E-state index in [-0.39, 0.29) is 0 Å². The van der Waals surface area contributed by atoms with Crippen molar-refractivity contribution in [3.8, 4) is 0 Å². The third-order valence-electron chi connectivity index (χ3n) is 2.24. The van der Waals surface area contributed by atoms with Crippen LogP contribution in [0.15, 0.2) is 0 Å². The minimum Gasteiger partial charge on any atom is -0.383 e. The van der Waals surface area contributed by atoms with Gasteiger partial charge < -0.3 is 15.4 Å². The summed E-state index contributed by atoms with van der Waals surface area (Å²) in [5.74, 6) is 0. The first-order valence-electron chi connectivity index (χ1n) is 5.11. The Labute approximate surface area is 95.1 Å². The van der Waals surface area contributed by atoms with Crippen molar-refractivity contribution in [1.82, 2.24) is 4.98 Å². The minimum atomic E-state index is 0.582. The summed E-state index contributed by atoms with van der Waals surface area (Å²) in [6.07, 6.45) is 0.946. The molecular weight excluding hydrogens is 210 g/mol. The smallest absolute Gasteiger partial charge is 0.185 e. The molecule has 0 radical (unpaired) electrons. The van der Waals surface area contributed by atoms with Gasteiger partial charge in [0.05, 0.1) is 12.3 Å². The van der Waals surface area contributed by atoms with Gasteiger partial charge in [-0.3, -0.25) is 0 Å². The number of methoxy groups -OCH3 is 1. The molecule has 0 fully saturated rings. The molecule has 86 valence electrons. The maximum atomic E-state index is 5.67. The average Bonchev–Trinajstić information content (AvgIpc) is 2.68. The molecule has 0 atom stereocenters. The first-order chi connectivity index (χ1) is 7.22. The first kappa shape index (κ1) is 12.4. The number of hydrogen-bond acceptors (Lipinski definition) is 5. The van der Waals surface area contributed by atoms with Gasteiger partial charge >= 0.3 is 0 Å². The Balaban J connectivity index is 2.72. The minimum absolute atomic E-state index is 0.582. The lowest BCUT2D eigenvalue weighted by molar-refractivity contribution is 0.206. The van der Waals surface area contributed by atoms with E-state index >= 15 is 0 Å². The van der Waals surface area contributed by atoms with E-state index in [2.05, 4.69) is 16.8 Å². The quantitative estimate of drug-likeness (QED) is 0.797. The van der Waals surface area contributed by atoms with Gasteiger partial charge in [-0.15, -0.1) is 11.3 Å².